The third-order valence-corrected chi connectivity index (χ3v) is 2.67. The van der Waals surface area contributed by atoms with E-state index in [4.69, 9.17) is 6.42 Å². The predicted octanol–water partition coefficient (Wildman–Crippen LogP) is 0.249. The molecular weight excluding hydrogens is 234 g/mol. The number of hydrogen-bond acceptors (Lipinski definition) is 5. The molecule has 0 spiro atoms. The first-order valence-electron chi connectivity index (χ1n) is 5.32. The van der Waals surface area contributed by atoms with E-state index in [2.05, 4.69) is 20.6 Å². The van der Waals surface area contributed by atoms with E-state index >= 15 is 0 Å². The number of nitrogens with zero attached hydrogens (tertiary/aromatic N) is 3. The van der Waals surface area contributed by atoms with Crippen LogP contribution in [-0.4, -0.2) is 35.5 Å². The lowest BCUT2D eigenvalue weighted by atomic mass is 10.1. The maximum absolute atomic E-state index is 11.7. The molecule has 1 saturated heterocycles. The molecule has 0 radical (unpaired) electrons. The van der Waals surface area contributed by atoms with Crippen molar-refractivity contribution in [2.45, 2.75) is 6.42 Å². The number of amides is 1. The van der Waals surface area contributed by atoms with Crippen molar-refractivity contribution in [1.29, 1.82) is 0 Å². The van der Waals surface area contributed by atoms with Crippen LogP contribution < -0.4 is 4.90 Å². The number of carbonyl (C=O) groups excluding carboxylic acids is 2. The molecule has 1 aromatic rings. The van der Waals surface area contributed by atoms with E-state index in [1.807, 2.05) is 0 Å². The second-order valence-electron chi connectivity index (χ2n) is 3.82. The van der Waals surface area contributed by atoms with Crippen LogP contribution >= 0.6 is 0 Å². The minimum Gasteiger partial charge on any atom is -0.464 e. The van der Waals surface area contributed by atoms with Crippen molar-refractivity contribution in [2.24, 2.45) is 5.92 Å². The van der Waals surface area contributed by atoms with Gasteiger partial charge >= 0.3 is 5.97 Å². The molecule has 1 fully saturated rings. The summed E-state index contributed by atoms with van der Waals surface area (Å²) in [6.07, 6.45) is 8.25. The molecule has 1 aromatic heterocycles. The van der Waals surface area contributed by atoms with Crippen LogP contribution in [0.25, 0.3) is 0 Å². The molecule has 6 nitrogen and oxygen atoms in total. The quantitative estimate of drug-likeness (QED) is 0.551. The first kappa shape index (κ1) is 12.0. The van der Waals surface area contributed by atoms with Gasteiger partial charge in [-0.3, -0.25) is 9.69 Å². The van der Waals surface area contributed by atoms with Gasteiger partial charge in [-0.05, 0) is 0 Å². The van der Waals surface area contributed by atoms with Crippen molar-refractivity contribution in [1.82, 2.24) is 9.97 Å². The maximum atomic E-state index is 11.7. The van der Waals surface area contributed by atoms with Gasteiger partial charge in [0.15, 0.2) is 11.5 Å². The smallest absolute Gasteiger partial charge is 0.358 e. The first-order chi connectivity index (χ1) is 8.65. The number of anilines is 1. The highest BCUT2D eigenvalue weighted by molar-refractivity contribution is 5.95. The number of terminal acetylenes is 1. The Morgan fingerprint density at radius 1 is 1.56 bits per heavy atom. The number of ether oxygens (including phenoxy) is 1. The van der Waals surface area contributed by atoms with Gasteiger partial charge in [-0.15, -0.1) is 12.3 Å². The lowest BCUT2D eigenvalue weighted by Gasteiger charge is -2.13. The zero-order valence-corrected chi connectivity index (χ0v) is 9.79. The molecule has 1 atom stereocenters. The van der Waals surface area contributed by atoms with Gasteiger partial charge in [0.2, 0.25) is 5.91 Å². The van der Waals surface area contributed by atoms with E-state index in [1.165, 1.54) is 24.4 Å². The Labute approximate surface area is 104 Å². The monoisotopic (exact) mass is 245 g/mol. The summed E-state index contributed by atoms with van der Waals surface area (Å²) in [5, 5.41) is 0. The lowest BCUT2D eigenvalue weighted by molar-refractivity contribution is -0.117. The van der Waals surface area contributed by atoms with Crippen LogP contribution in [-0.2, 0) is 9.53 Å². The Kier molecular flexibility index (Phi) is 3.24. The van der Waals surface area contributed by atoms with Gasteiger partial charge in [0.1, 0.15) is 0 Å². The zero-order chi connectivity index (χ0) is 13.1. The van der Waals surface area contributed by atoms with E-state index in [-0.39, 0.29) is 17.5 Å². The van der Waals surface area contributed by atoms with Gasteiger partial charge in [0.05, 0.1) is 19.5 Å². The van der Waals surface area contributed by atoms with Gasteiger partial charge < -0.3 is 4.74 Å². The van der Waals surface area contributed by atoms with Crippen molar-refractivity contribution >= 4 is 17.7 Å². The van der Waals surface area contributed by atoms with Crippen molar-refractivity contribution in [3.05, 3.63) is 18.1 Å². The highest BCUT2D eigenvalue weighted by atomic mass is 16.5. The van der Waals surface area contributed by atoms with Gasteiger partial charge in [0, 0.05) is 18.9 Å². The molecule has 2 heterocycles. The van der Waals surface area contributed by atoms with Crippen LogP contribution in [0.5, 0.6) is 0 Å². The normalized spacial score (nSPS) is 18.6. The third kappa shape index (κ3) is 2.15. The molecule has 1 amide bonds. The van der Waals surface area contributed by atoms with E-state index in [0.29, 0.717) is 18.8 Å². The number of esters is 1. The number of methoxy groups -OCH3 is 1. The molecule has 92 valence electrons. The molecule has 2 rings (SSSR count). The molecule has 18 heavy (non-hydrogen) atoms. The molecule has 1 aliphatic heterocycles. The zero-order valence-electron chi connectivity index (χ0n) is 9.79. The van der Waals surface area contributed by atoms with Gasteiger partial charge in [0.25, 0.3) is 0 Å². The highest BCUT2D eigenvalue weighted by Crippen LogP contribution is 2.22. The third-order valence-electron chi connectivity index (χ3n) is 2.67. The summed E-state index contributed by atoms with van der Waals surface area (Å²) in [7, 11) is 1.26. The van der Waals surface area contributed by atoms with E-state index in [9.17, 15) is 9.59 Å². The Hall–Kier alpha value is -2.42. The average Bonchev–Trinajstić information content (AvgIpc) is 2.79. The van der Waals surface area contributed by atoms with E-state index in [1.54, 1.807) is 0 Å². The number of aromatic nitrogens is 2. The highest BCUT2D eigenvalue weighted by Gasteiger charge is 2.30. The van der Waals surface area contributed by atoms with E-state index < -0.39 is 5.97 Å². The fraction of sp³-hybridized carbons (Fsp3) is 0.333. The standard InChI is InChI=1S/C12H11N3O3/c1-3-8-4-11(16)15(7-8)10-6-13-9(5-14-10)12(17)18-2/h1,5-6,8H,4,7H2,2H3. The SMILES string of the molecule is C#CC1CC(=O)N(c2cnc(C(=O)OC)cn2)C1. The van der Waals surface area contributed by atoms with Crippen LogP contribution in [0.15, 0.2) is 12.4 Å². The molecule has 0 bridgehead atoms. The van der Waals surface area contributed by atoms with Gasteiger partial charge in [-0.25, -0.2) is 14.8 Å². The van der Waals surface area contributed by atoms with Crippen LogP contribution in [0, 0.1) is 18.3 Å². The fourth-order valence-corrected chi connectivity index (χ4v) is 1.71. The maximum Gasteiger partial charge on any atom is 0.358 e. The van der Waals surface area contributed by atoms with Gasteiger partial charge in [-0.1, -0.05) is 0 Å². The van der Waals surface area contributed by atoms with Crippen molar-refractivity contribution < 1.29 is 14.3 Å². The molecule has 0 N–H and O–H groups in total. The summed E-state index contributed by atoms with van der Waals surface area (Å²) < 4.78 is 4.51. The van der Waals surface area contributed by atoms with Crippen LogP contribution in [0.1, 0.15) is 16.9 Å². The minimum absolute atomic E-state index is 0.0851. The van der Waals surface area contributed by atoms with Crippen LogP contribution in [0.3, 0.4) is 0 Å². The minimum atomic E-state index is -0.566. The molecule has 0 aromatic carbocycles. The summed E-state index contributed by atoms with van der Waals surface area (Å²) >= 11 is 0. The number of hydrogen-bond donors (Lipinski definition) is 0. The second-order valence-corrected chi connectivity index (χ2v) is 3.82. The summed E-state index contributed by atoms with van der Waals surface area (Å²) in [6.45, 7) is 0.432. The average molecular weight is 245 g/mol. The van der Waals surface area contributed by atoms with Crippen LogP contribution in [0.4, 0.5) is 5.82 Å². The fourth-order valence-electron chi connectivity index (χ4n) is 1.71. The Morgan fingerprint density at radius 2 is 2.33 bits per heavy atom. The Balaban J connectivity index is 2.18. The number of carbonyl (C=O) groups is 2. The van der Waals surface area contributed by atoms with Crippen molar-refractivity contribution in [3.8, 4) is 12.3 Å². The largest absolute Gasteiger partial charge is 0.464 e. The predicted molar refractivity (Wildman–Crippen MR) is 62.7 cm³/mol. The first-order valence-corrected chi connectivity index (χ1v) is 5.32. The topological polar surface area (TPSA) is 72.4 Å². The van der Waals surface area contributed by atoms with Crippen molar-refractivity contribution in [3.63, 3.8) is 0 Å². The van der Waals surface area contributed by atoms with E-state index in [0.717, 1.165) is 0 Å². The molecule has 1 aliphatic rings. The Bertz CT molecular complexity index is 518. The summed E-state index contributed by atoms with van der Waals surface area (Å²) in [6, 6.07) is 0. The van der Waals surface area contributed by atoms with Gasteiger partial charge in [-0.2, -0.15) is 0 Å². The molecule has 0 aliphatic carbocycles. The van der Waals surface area contributed by atoms with Crippen LogP contribution in [0.2, 0.25) is 0 Å². The lowest BCUT2D eigenvalue weighted by Crippen LogP contribution is -2.25. The second kappa shape index (κ2) is 4.84. The summed E-state index contributed by atoms with van der Waals surface area (Å²) in [5.41, 5.74) is 0.0985. The Morgan fingerprint density at radius 3 is 2.83 bits per heavy atom. The summed E-state index contributed by atoms with van der Waals surface area (Å²) in [4.78, 5) is 32.3. The van der Waals surface area contributed by atoms with Crippen molar-refractivity contribution in [2.75, 3.05) is 18.6 Å². The molecule has 1 unspecified atom stereocenters. The molecule has 6 heteroatoms. The molecular formula is C12H11N3O3. The number of rotatable bonds is 2. The molecule has 0 saturated carbocycles. The summed E-state index contributed by atoms with van der Waals surface area (Å²) in [5.74, 6) is 2.19.